The smallest absolute Gasteiger partial charge is 0.407 e. The van der Waals surface area contributed by atoms with E-state index in [-0.39, 0.29) is 5.92 Å². The molecular formula is C32H37N3O2Si. The molecule has 1 heterocycles. The summed E-state index contributed by atoms with van der Waals surface area (Å²) in [5, 5.41) is 6.44. The van der Waals surface area contributed by atoms with Crippen molar-refractivity contribution in [2.24, 2.45) is 0 Å². The summed E-state index contributed by atoms with van der Waals surface area (Å²) in [7, 11) is -1.51. The Kier molecular flexibility index (Phi) is 7.60. The highest BCUT2D eigenvalue weighted by Crippen LogP contribution is 2.44. The van der Waals surface area contributed by atoms with Crippen LogP contribution in [0.1, 0.15) is 33.7 Å². The summed E-state index contributed by atoms with van der Waals surface area (Å²) in [6.45, 7) is 13.5. The lowest BCUT2D eigenvalue weighted by atomic mass is 9.98. The second-order valence-corrected chi connectivity index (χ2v) is 15.9. The van der Waals surface area contributed by atoms with Gasteiger partial charge in [-0.1, -0.05) is 74.1 Å². The fraction of sp³-hybridized carbons (Fsp3) is 0.344. The van der Waals surface area contributed by atoms with E-state index in [0.29, 0.717) is 13.2 Å². The second kappa shape index (κ2) is 11.1. The number of ether oxygens (including phenoxy) is 1. The van der Waals surface area contributed by atoms with E-state index >= 15 is 0 Å². The lowest BCUT2D eigenvalue weighted by Gasteiger charge is -2.31. The molecule has 0 unspecified atom stereocenters. The molecule has 0 atom stereocenters. The number of hydrogen-bond donors (Lipinski definition) is 2. The molecule has 38 heavy (non-hydrogen) atoms. The first-order valence-corrected chi connectivity index (χ1v) is 17.0. The number of carbonyl (C=O) groups is 1. The van der Waals surface area contributed by atoms with Crippen LogP contribution in [0.3, 0.4) is 0 Å². The van der Waals surface area contributed by atoms with Crippen LogP contribution in [-0.4, -0.2) is 47.0 Å². The molecule has 5 rings (SSSR count). The molecule has 0 spiro atoms. The maximum atomic E-state index is 12.9. The molecule has 5 nitrogen and oxygen atoms in total. The van der Waals surface area contributed by atoms with E-state index in [1.165, 1.54) is 33.5 Å². The molecular weight excluding hydrogens is 486 g/mol. The van der Waals surface area contributed by atoms with Gasteiger partial charge < -0.3 is 20.3 Å². The first kappa shape index (κ1) is 26.1. The van der Waals surface area contributed by atoms with E-state index < -0.39 is 14.2 Å². The van der Waals surface area contributed by atoms with Gasteiger partial charge in [-0.05, 0) is 52.4 Å². The number of nitrogens with one attached hydrogen (secondary N) is 2. The molecule has 196 valence electrons. The summed E-state index contributed by atoms with van der Waals surface area (Å²) in [4.78, 5) is 15.3. The van der Waals surface area contributed by atoms with Gasteiger partial charge in [0.1, 0.15) is 14.7 Å². The Labute approximate surface area is 227 Å². The first-order valence-electron chi connectivity index (χ1n) is 13.5. The van der Waals surface area contributed by atoms with Gasteiger partial charge in [-0.2, -0.15) is 0 Å². The minimum absolute atomic E-state index is 0.0503. The van der Waals surface area contributed by atoms with Crippen molar-refractivity contribution >= 4 is 19.9 Å². The van der Waals surface area contributed by atoms with Crippen molar-refractivity contribution in [1.29, 1.82) is 0 Å². The maximum Gasteiger partial charge on any atom is 0.407 e. The standard InChI is InChI=1S/C32H37N3O2Si/c1-23-25(19-24(13-18-38(2,3)4)20-31(23)35-16-14-33-15-17-35)21-34-32(36)37-22-30-28-11-7-5-9-26(28)27-10-6-8-12-29(27)30/h5-12,19-20,30,33H,14-17,21-22H2,1-4H3,(H,34,36). The lowest BCUT2D eigenvalue weighted by molar-refractivity contribution is 0.142. The number of fused-ring (bicyclic) bond motifs is 3. The molecule has 0 aromatic heterocycles. The van der Waals surface area contributed by atoms with Gasteiger partial charge in [0.15, 0.2) is 0 Å². The summed E-state index contributed by atoms with van der Waals surface area (Å²) in [6.07, 6.45) is -0.395. The molecule has 2 aliphatic rings. The molecule has 1 amide bonds. The summed E-state index contributed by atoms with van der Waals surface area (Å²) in [6, 6.07) is 21.1. The average Bonchev–Trinajstić information content (AvgIpc) is 3.24. The zero-order valence-electron chi connectivity index (χ0n) is 22.9. The molecule has 1 saturated heterocycles. The maximum absolute atomic E-state index is 12.9. The molecule has 0 saturated carbocycles. The Bertz CT molecular complexity index is 1350. The lowest BCUT2D eigenvalue weighted by Crippen LogP contribution is -2.44. The van der Waals surface area contributed by atoms with Crippen LogP contribution in [-0.2, 0) is 11.3 Å². The van der Waals surface area contributed by atoms with Gasteiger partial charge >= 0.3 is 6.09 Å². The fourth-order valence-corrected chi connectivity index (χ4v) is 5.84. The molecule has 0 radical (unpaired) electrons. The quantitative estimate of drug-likeness (QED) is 0.334. The highest BCUT2D eigenvalue weighted by atomic mass is 28.3. The van der Waals surface area contributed by atoms with Gasteiger partial charge in [0.25, 0.3) is 0 Å². The van der Waals surface area contributed by atoms with Crippen molar-refractivity contribution in [2.75, 3.05) is 37.7 Å². The third-order valence-corrected chi connectivity index (χ3v) is 8.17. The summed E-state index contributed by atoms with van der Waals surface area (Å²) >= 11 is 0. The monoisotopic (exact) mass is 523 g/mol. The number of alkyl carbamates (subject to hydrolysis) is 1. The normalized spacial score (nSPS) is 14.8. The highest BCUT2D eigenvalue weighted by Gasteiger charge is 2.29. The van der Waals surface area contributed by atoms with Crippen molar-refractivity contribution in [3.8, 4) is 22.6 Å². The van der Waals surface area contributed by atoms with Gasteiger partial charge in [-0.3, -0.25) is 0 Å². The molecule has 1 fully saturated rings. The molecule has 0 bridgehead atoms. The number of carbonyl (C=O) groups excluding carboxylic acids is 1. The number of anilines is 1. The van der Waals surface area contributed by atoms with Gasteiger partial charge in [0.2, 0.25) is 0 Å². The minimum Gasteiger partial charge on any atom is -0.449 e. The van der Waals surface area contributed by atoms with Crippen molar-refractivity contribution < 1.29 is 9.53 Å². The predicted molar refractivity (Wildman–Crippen MR) is 158 cm³/mol. The van der Waals surface area contributed by atoms with E-state index in [4.69, 9.17) is 4.74 Å². The Morgan fingerprint density at radius 3 is 2.29 bits per heavy atom. The molecule has 3 aromatic carbocycles. The Balaban J connectivity index is 1.30. The minimum atomic E-state index is -1.51. The zero-order valence-corrected chi connectivity index (χ0v) is 23.9. The Morgan fingerprint density at radius 1 is 1.03 bits per heavy atom. The van der Waals surface area contributed by atoms with Crippen LogP contribution in [0.4, 0.5) is 10.5 Å². The summed E-state index contributed by atoms with van der Waals surface area (Å²) in [5.74, 6) is 3.48. The van der Waals surface area contributed by atoms with Crippen molar-refractivity contribution in [1.82, 2.24) is 10.6 Å². The summed E-state index contributed by atoms with van der Waals surface area (Å²) < 4.78 is 5.78. The predicted octanol–water partition coefficient (Wildman–Crippen LogP) is 5.67. The molecule has 3 aromatic rings. The Morgan fingerprint density at radius 2 is 1.66 bits per heavy atom. The van der Waals surface area contributed by atoms with Gasteiger partial charge in [0.05, 0.1) is 0 Å². The molecule has 2 N–H and O–H groups in total. The average molecular weight is 524 g/mol. The third kappa shape index (κ3) is 5.80. The van der Waals surface area contributed by atoms with Crippen molar-refractivity contribution in [2.45, 2.75) is 39.0 Å². The largest absolute Gasteiger partial charge is 0.449 e. The van der Waals surface area contributed by atoms with E-state index in [1.54, 1.807) is 0 Å². The van der Waals surface area contributed by atoms with E-state index in [9.17, 15) is 4.79 Å². The van der Waals surface area contributed by atoms with Gasteiger partial charge in [0, 0.05) is 49.9 Å². The molecule has 6 heteroatoms. The second-order valence-electron chi connectivity index (χ2n) is 11.2. The van der Waals surface area contributed by atoms with Crippen LogP contribution in [0.5, 0.6) is 0 Å². The molecule has 1 aliphatic heterocycles. The van der Waals surface area contributed by atoms with Crippen molar-refractivity contribution in [3.63, 3.8) is 0 Å². The van der Waals surface area contributed by atoms with Crippen LogP contribution in [0.2, 0.25) is 19.6 Å². The van der Waals surface area contributed by atoms with E-state index in [2.05, 4.69) is 114 Å². The van der Waals surface area contributed by atoms with Crippen molar-refractivity contribution in [3.05, 3.63) is 88.5 Å². The number of nitrogens with zero attached hydrogens (tertiary/aromatic N) is 1. The number of amides is 1. The Hall–Kier alpha value is -3.53. The van der Waals surface area contributed by atoms with Gasteiger partial charge in [-0.15, -0.1) is 5.54 Å². The van der Waals surface area contributed by atoms with Crippen LogP contribution in [0.15, 0.2) is 60.7 Å². The third-order valence-electron chi connectivity index (χ3n) is 7.29. The van der Waals surface area contributed by atoms with Crippen LogP contribution in [0, 0.1) is 18.4 Å². The zero-order chi connectivity index (χ0) is 26.7. The first-order chi connectivity index (χ1) is 18.3. The topological polar surface area (TPSA) is 53.6 Å². The number of piperazine rings is 1. The highest BCUT2D eigenvalue weighted by molar-refractivity contribution is 6.83. The van der Waals surface area contributed by atoms with E-state index in [1.807, 2.05) is 0 Å². The fourth-order valence-electron chi connectivity index (χ4n) is 5.32. The van der Waals surface area contributed by atoms with Crippen LogP contribution < -0.4 is 15.5 Å². The SMILES string of the molecule is Cc1c(CNC(=O)OCC2c3ccccc3-c3ccccc32)cc(C#C[Si](C)(C)C)cc1N1CCNCC1. The molecule has 1 aliphatic carbocycles. The number of benzene rings is 3. The number of rotatable bonds is 5. The van der Waals surface area contributed by atoms with Gasteiger partial charge in [-0.25, -0.2) is 4.79 Å². The summed E-state index contributed by atoms with van der Waals surface area (Å²) in [5.41, 5.74) is 12.9. The van der Waals surface area contributed by atoms with Crippen LogP contribution >= 0.6 is 0 Å². The van der Waals surface area contributed by atoms with E-state index in [0.717, 1.165) is 37.3 Å². The van der Waals surface area contributed by atoms with Crippen LogP contribution in [0.25, 0.3) is 11.1 Å². The number of hydrogen-bond acceptors (Lipinski definition) is 4.